The molecule has 0 aliphatic carbocycles. The summed E-state index contributed by atoms with van der Waals surface area (Å²) in [5.41, 5.74) is 1.79. The van der Waals surface area contributed by atoms with Crippen LogP contribution in [-0.2, 0) is 21.9 Å². The largest absolute Gasteiger partial charge is 0.355 e. The first-order valence-corrected chi connectivity index (χ1v) is 11.0. The summed E-state index contributed by atoms with van der Waals surface area (Å²) in [6.07, 6.45) is 0. The summed E-state index contributed by atoms with van der Waals surface area (Å²) < 4.78 is 0. The maximum atomic E-state index is 12.9. The first-order valence-electron chi connectivity index (χ1n) is 9.05. The molecule has 2 amide bonds. The highest BCUT2D eigenvalue weighted by atomic mass is 35.5. The Hall–Kier alpha value is -1.69. The van der Waals surface area contributed by atoms with E-state index in [2.05, 4.69) is 5.32 Å². The first-order chi connectivity index (χ1) is 13.4. The van der Waals surface area contributed by atoms with Crippen molar-refractivity contribution in [2.45, 2.75) is 32.2 Å². The number of thioether (sulfide) groups is 1. The minimum atomic E-state index is -0.593. The summed E-state index contributed by atoms with van der Waals surface area (Å²) in [6.45, 7) is 4.38. The van der Waals surface area contributed by atoms with Gasteiger partial charge in [-0.15, -0.1) is 11.8 Å². The smallest absolute Gasteiger partial charge is 0.242 e. The molecule has 0 saturated heterocycles. The van der Waals surface area contributed by atoms with E-state index in [9.17, 15) is 9.59 Å². The van der Waals surface area contributed by atoms with Gasteiger partial charge < -0.3 is 10.2 Å². The van der Waals surface area contributed by atoms with E-state index in [0.29, 0.717) is 22.3 Å². The lowest BCUT2D eigenvalue weighted by molar-refractivity contribution is -0.138. The SMILES string of the molecule is CCNC(=O)[C@H](C)N(Cc1ccccc1Cl)C(=O)CSCc1ccccc1Cl. The van der Waals surface area contributed by atoms with Crippen molar-refractivity contribution in [2.24, 2.45) is 0 Å². The number of nitrogens with zero attached hydrogens (tertiary/aromatic N) is 1. The van der Waals surface area contributed by atoms with Crippen LogP contribution in [0.4, 0.5) is 0 Å². The van der Waals surface area contributed by atoms with E-state index in [0.717, 1.165) is 11.1 Å². The summed E-state index contributed by atoms with van der Waals surface area (Å²) in [5.74, 6) is 0.579. The van der Waals surface area contributed by atoms with Crippen molar-refractivity contribution in [3.8, 4) is 0 Å². The molecule has 0 fully saturated rings. The number of amides is 2. The van der Waals surface area contributed by atoms with Crippen LogP contribution >= 0.6 is 35.0 Å². The molecular weight excluding hydrogens is 415 g/mol. The van der Waals surface area contributed by atoms with E-state index < -0.39 is 6.04 Å². The lowest BCUT2D eigenvalue weighted by Crippen LogP contribution is -2.48. The molecule has 150 valence electrons. The first kappa shape index (κ1) is 22.6. The average molecular weight is 439 g/mol. The molecule has 0 bridgehead atoms. The van der Waals surface area contributed by atoms with Crippen LogP contribution in [0.25, 0.3) is 0 Å². The number of carbonyl (C=O) groups excluding carboxylic acids is 2. The molecule has 0 saturated carbocycles. The van der Waals surface area contributed by atoms with Crippen LogP contribution in [0.3, 0.4) is 0 Å². The van der Waals surface area contributed by atoms with Gasteiger partial charge in [0.25, 0.3) is 0 Å². The van der Waals surface area contributed by atoms with Crippen molar-refractivity contribution in [1.82, 2.24) is 10.2 Å². The summed E-state index contributed by atoms with van der Waals surface area (Å²) in [6, 6.07) is 14.3. The summed E-state index contributed by atoms with van der Waals surface area (Å²) in [4.78, 5) is 26.9. The molecule has 4 nitrogen and oxygen atoms in total. The fourth-order valence-electron chi connectivity index (χ4n) is 2.66. The van der Waals surface area contributed by atoms with E-state index in [1.54, 1.807) is 17.9 Å². The van der Waals surface area contributed by atoms with Gasteiger partial charge in [-0.3, -0.25) is 9.59 Å². The van der Waals surface area contributed by atoms with Crippen LogP contribution in [0.5, 0.6) is 0 Å². The summed E-state index contributed by atoms with van der Waals surface area (Å²) in [7, 11) is 0. The van der Waals surface area contributed by atoms with E-state index in [-0.39, 0.29) is 24.1 Å². The van der Waals surface area contributed by atoms with Gasteiger partial charge in [-0.25, -0.2) is 0 Å². The number of benzene rings is 2. The molecule has 1 N–H and O–H groups in total. The topological polar surface area (TPSA) is 49.4 Å². The Balaban J connectivity index is 2.08. The molecule has 0 aliphatic heterocycles. The van der Waals surface area contributed by atoms with Crippen molar-refractivity contribution in [3.63, 3.8) is 0 Å². The van der Waals surface area contributed by atoms with Crippen LogP contribution in [0.15, 0.2) is 48.5 Å². The second kappa shape index (κ2) is 11.3. The molecule has 0 radical (unpaired) electrons. The molecule has 0 unspecified atom stereocenters. The Morgan fingerprint density at radius 2 is 1.61 bits per heavy atom. The summed E-state index contributed by atoms with van der Waals surface area (Å²) >= 11 is 13.9. The molecule has 0 spiro atoms. The molecule has 2 aromatic rings. The highest BCUT2D eigenvalue weighted by Gasteiger charge is 2.26. The fourth-order valence-corrected chi connectivity index (χ4v) is 4.05. The zero-order valence-corrected chi connectivity index (χ0v) is 18.3. The normalized spacial score (nSPS) is 11.7. The zero-order valence-electron chi connectivity index (χ0n) is 16.0. The predicted molar refractivity (Wildman–Crippen MR) is 118 cm³/mol. The Morgan fingerprint density at radius 1 is 1.04 bits per heavy atom. The molecule has 28 heavy (non-hydrogen) atoms. The van der Waals surface area contributed by atoms with Gasteiger partial charge in [0.05, 0.1) is 5.75 Å². The number of carbonyl (C=O) groups is 2. The van der Waals surface area contributed by atoms with Crippen LogP contribution in [0.1, 0.15) is 25.0 Å². The van der Waals surface area contributed by atoms with Gasteiger partial charge in [-0.2, -0.15) is 0 Å². The van der Waals surface area contributed by atoms with Gasteiger partial charge >= 0.3 is 0 Å². The van der Waals surface area contributed by atoms with E-state index >= 15 is 0 Å². The van der Waals surface area contributed by atoms with Crippen LogP contribution in [0.2, 0.25) is 10.0 Å². The molecule has 0 aromatic heterocycles. The van der Waals surface area contributed by atoms with Crippen molar-refractivity contribution < 1.29 is 9.59 Å². The van der Waals surface area contributed by atoms with E-state index in [1.807, 2.05) is 49.4 Å². The second-order valence-corrected chi connectivity index (χ2v) is 8.07. The molecular formula is C21H24Cl2N2O2S. The van der Waals surface area contributed by atoms with Crippen LogP contribution in [0, 0.1) is 0 Å². The number of halogens is 2. The quantitative estimate of drug-likeness (QED) is 0.612. The number of nitrogens with one attached hydrogen (secondary N) is 1. The van der Waals surface area contributed by atoms with Crippen molar-refractivity contribution in [1.29, 1.82) is 0 Å². The van der Waals surface area contributed by atoms with Crippen LogP contribution < -0.4 is 5.32 Å². The minimum absolute atomic E-state index is 0.115. The van der Waals surface area contributed by atoms with Gasteiger partial charge in [0.1, 0.15) is 6.04 Å². The highest BCUT2D eigenvalue weighted by Crippen LogP contribution is 2.23. The van der Waals surface area contributed by atoms with Gasteiger partial charge in [-0.05, 0) is 37.1 Å². The van der Waals surface area contributed by atoms with Crippen molar-refractivity contribution >= 4 is 46.8 Å². The maximum Gasteiger partial charge on any atom is 0.242 e. The average Bonchev–Trinajstić information content (AvgIpc) is 2.68. The lowest BCUT2D eigenvalue weighted by atomic mass is 10.1. The number of rotatable bonds is 9. The van der Waals surface area contributed by atoms with Gasteiger partial charge in [0, 0.05) is 28.9 Å². The zero-order chi connectivity index (χ0) is 20.5. The fraction of sp³-hybridized carbons (Fsp3) is 0.333. The summed E-state index contributed by atoms with van der Waals surface area (Å²) in [5, 5.41) is 4.04. The van der Waals surface area contributed by atoms with Crippen molar-refractivity contribution in [2.75, 3.05) is 12.3 Å². The third-order valence-corrected chi connectivity index (χ3v) is 5.96. The van der Waals surface area contributed by atoms with E-state index in [1.165, 1.54) is 11.8 Å². The van der Waals surface area contributed by atoms with Gasteiger partial charge in [0.15, 0.2) is 0 Å². The predicted octanol–water partition coefficient (Wildman–Crippen LogP) is 4.78. The van der Waals surface area contributed by atoms with E-state index in [4.69, 9.17) is 23.2 Å². The molecule has 2 aromatic carbocycles. The Kier molecular flexibility index (Phi) is 9.16. The lowest BCUT2D eigenvalue weighted by Gasteiger charge is -2.29. The third-order valence-electron chi connectivity index (χ3n) is 4.26. The monoisotopic (exact) mass is 438 g/mol. The Morgan fingerprint density at radius 3 is 2.18 bits per heavy atom. The number of likely N-dealkylation sites (N-methyl/N-ethyl adjacent to an activating group) is 1. The number of hydrogen-bond acceptors (Lipinski definition) is 3. The molecule has 0 heterocycles. The maximum absolute atomic E-state index is 12.9. The standard InChI is InChI=1S/C21H24Cl2N2O2S/c1-3-24-21(27)15(2)25(12-16-8-4-6-10-18(16)22)20(26)14-28-13-17-9-5-7-11-19(17)23/h4-11,15H,3,12-14H2,1-2H3,(H,24,27)/t15-/m0/s1. The van der Waals surface area contributed by atoms with Gasteiger partial charge in [-0.1, -0.05) is 59.6 Å². The van der Waals surface area contributed by atoms with Gasteiger partial charge in [0.2, 0.25) is 11.8 Å². The highest BCUT2D eigenvalue weighted by molar-refractivity contribution is 7.99. The molecule has 2 rings (SSSR count). The molecule has 1 atom stereocenters. The number of hydrogen-bond donors (Lipinski definition) is 1. The Labute approximate surface area is 180 Å². The minimum Gasteiger partial charge on any atom is -0.355 e. The Bertz CT molecular complexity index is 816. The molecule has 7 heteroatoms. The molecule has 0 aliphatic rings. The van der Waals surface area contributed by atoms with Crippen LogP contribution in [-0.4, -0.2) is 35.1 Å². The third kappa shape index (κ3) is 6.43. The van der Waals surface area contributed by atoms with Crippen molar-refractivity contribution in [3.05, 3.63) is 69.7 Å². The second-order valence-electron chi connectivity index (χ2n) is 6.27.